The number of aromatic nitrogens is 3. The number of anilines is 1. The third-order valence-electron chi connectivity index (χ3n) is 2.96. The summed E-state index contributed by atoms with van der Waals surface area (Å²) in [6.45, 7) is 1.89. The minimum Gasteiger partial charge on any atom is -0.328 e. The summed E-state index contributed by atoms with van der Waals surface area (Å²) in [5.74, 6) is 0.772. The second-order valence-corrected chi connectivity index (χ2v) is 4.91. The lowest BCUT2D eigenvalue weighted by Crippen LogP contribution is -2.19. The Balaban J connectivity index is 1.98. The summed E-state index contributed by atoms with van der Waals surface area (Å²) in [6.07, 6.45) is 2.77. The fraction of sp³-hybridized carbons (Fsp3) is 0.357. The van der Waals surface area contributed by atoms with Crippen LogP contribution < -0.4 is 11.1 Å². The van der Waals surface area contributed by atoms with Crippen molar-refractivity contribution in [2.75, 3.05) is 5.32 Å². The van der Waals surface area contributed by atoms with Gasteiger partial charge in [0.15, 0.2) is 5.82 Å². The Morgan fingerprint density at radius 3 is 2.65 bits per heavy atom. The van der Waals surface area contributed by atoms with E-state index in [1.807, 2.05) is 42.8 Å². The average Bonchev–Trinajstić information content (AvgIpc) is 2.84. The van der Waals surface area contributed by atoms with E-state index in [-0.39, 0.29) is 11.9 Å². The van der Waals surface area contributed by atoms with Crippen LogP contribution in [0.3, 0.4) is 0 Å². The quantitative estimate of drug-likeness (QED) is 0.865. The van der Waals surface area contributed by atoms with Gasteiger partial charge in [-0.05, 0) is 37.6 Å². The molecule has 1 atom stereocenters. The van der Waals surface area contributed by atoms with Crippen LogP contribution in [0.25, 0.3) is 11.4 Å². The maximum Gasteiger partial charge on any atom is 0.224 e. The summed E-state index contributed by atoms with van der Waals surface area (Å²) in [5.41, 5.74) is 7.35. The molecule has 2 aromatic rings. The highest BCUT2D eigenvalue weighted by Gasteiger charge is 2.06. The molecular formula is C14H19N5O. The van der Waals surface area contributed by atoms with Gasteiger partial charge in [-0.25, -0.2) is 0 Å². The first-order chi connectivity index (χ1) is 9.56. The first-order valence-electron chi connectivity index (χ1n) is 6.56. The third kappa shape index (κ3) is 3.64. The molecule has 0 spiro atoms. The van der Waals surface area contributed by atoms with Crippen molar-refractivity contribution in [3.63, 3.8) is 0 Å². The van der Waals surface area contributed by atoms with Crippen molar-refractivity contribution >= 4 is 11.6 Å². The van der Waals surface area contributed by atoms with Gasteiger partial charge in [-0.3, -0.25) is 4.79 Å². The molecular weight excluding hydrogens is 254 g/mol. The normalized spacial score (nSPS) is 12.2. The largest absolute Gasteiger partial charge is 0.328 e. The standard InChI is InChI=1S/C14H19N5O/c1-10(15)3-8-13(20)17-12-6-4-11(5-7-12)14-18-16-9-19(14)2/h4-7,9-10H,3,8,15H2,1-2H3,(H,17,20). The Kier molecular flexibility index (Phi) is 4.47. The number of hydrogen-bond acceptors (Lipinski definition) is 4. The zero-order valence-electron chi connectivity index (χ0n) is 11.7. The lowest BCUT2D eigenvalue weighted by atomic mass is 10.1. The number of hydrogen-bond donors (Lipinski definition) is 2. The summed E-state index contributed by atoms with van der Waals surface area (Å²) in [7, 11) is 1.89. The van der Waals surface area contributed by atoms with Crippen molar-refractivity contribution in [3.05, 3.63) is 30.6 Å². The molecule has 0 aliphatic rings. The summed E-state index contributed by atoms with van der Waals surface area (Å²) in [5, 5.41) is 10.7. The number of nitrogens with zero attached hydrogens (tertiary/aromatic N) is 3. The van der Waals surface area contributed by atoms with Gasteiger partial charge in [-0.1, -0.05) is 0 Å². The molecule has 0 bridgehead atoms. The van der Waals surface area contributed by atoms with E-state index in [0.29, 0.717) is 12.8 Å². The lowest BCUT2D eigenvalue weighted by Gasteiger charge is -2.07. The van der Waals surface area contributed by atoms with E-state index in [1.54, 1.807) is 6.33 Å². The number of carbonyl (C=O) groups is 1. The van der Waals surface area contributed by atoms with Crippen LogP contribution in [0.5, 0.6) is 0 Å². The monoisotopic (exact) mass is 273 g/mol. The highest BCUT2D eigenvalue weighted by atomic mass is 16.1. The smallest absolute Gasteiger partial charge is 0.224 e. The molecule has 1 heterocycles. The molecule has 1 aromatic carbocycles. The fourth-order valence-corrected chi connectivity index (χ4v) is 1.83. The van der Waals surface area contributed by atoms with E-state index in [1.165, 1.54) is 0 Å². The minimum atomic E-state index is -0.0197. The Morgan fingerprint density at radius 2 is 2.10 bits per heavy atom. The zero-order valence-corrected chi connectivity index (χ0v) is 11.7. The zero-order chi connectivity index (χ0) is 14.5. The molecule has 0 saturated heterocycles. The minimum absolute atomic E-state index is 0.0197. The molecule has 106 valence electrons. The second kappa shape index (κ2) is 6.29. The van der Waals surface area contributed by atoms with Gasteiger partial charge in [0.1, 0.15) is 6.33 Å². The Hall–Kier alpha value is -2.21. The SMILES string of the molecule is CC(N)CCC(=O)Nc1ccc(-c2nncn2C)cc1. The summed E-state index contributed by atoms with van der Waals surface area (Å²) >= 11 is 0. The highest BCUT2D eigenvalue weighted by molar-refractivity contribution is 5.90. The molecule has 0 saturated carbocycles. The van der Waals surface area contributed by atoms with Crippen molar-refractivity contribution in [2.45, 2.75) is 25.8 Å². The Labute approximate surface area is 118 Å². The molecule has 6 heteroatoms. The van der Waals surface area contributed by atoms with E-state index in [4.69, 9.17) is 5.73 Å². The van der Waals surface area contributed by atoms with Crippen LogP contribution >= 0.6 is 0 Å². The molecule has 1 amide bonds. The average molecular weight is 273 g/mol. The van der Waals surface area contributed by atoms with E-state index >= 15 is 0 Å². The van der Waals surface area contributed by atoms with E-state index in [2.05, 4.69) is 15.5 Å². The Bertz CT molecular complexity index is 574. The van der Waals surface area contributed by atoms with Crippen LogP contribution in [0.1, 0.15) is 19.8 Å². The maximum absolute atomic E-state index is 11.7. The van der Waals surface area contributed by atoms with Crippen LogP contribution in [0, 0.1) is 0 Å². The molecule has 6 nitrogen and oxygen atoms in total. The molecule has 2 rings (SSSR count). The number of nitrogens with one attached hydrogen (secondary N) is 1. The third-order valence-corrected chi connectivity index (χ3v) is 2.96. The fourth-order valence-electron chi connectivity index (χ4n) is 1.83. The van der Waals surface area contributed by atoms with Crippen molar-refractivity contribution < 1.29 is 4.79 Å². The van der Waals surface area contributed by atoms with Gasteiger partial charge in [0.2, 0.25) is 5.91 Å². The first kappa shape index (κ1) is 14.2. The second-order valence-electron chi connectivity index (χ2n) is 4.91. The topological polar surface area (TPSA) is 85.8 Å². The number of nitrogens with two attached hydrogens (primary N) is 1. The molecule has 0 fully saturated rings. The van der Waals surface area contributed by atoms with Crippen molar-refractivity contribution in [2.24, 2.45) is 12.8 Å². The van der Waals surface area contributed by atoms with Gasteiger partial charge in [0, 0.05) is 30.8 Å². The van der Waals surface area contributed by atoms with Crippen LogP contribution in [0.15, 0.2) is 30.6 Å². The molecule has 20 heavy (non-hydrogen) atoms. The summed E-state index contributed by atoms with van der Waals surface area (Å²) in [4.78, 5) is 11.7. The summed E-state index contributed by atoms with van der Waals surface area (Å²) < 4.78 is 1.84. The molecule has 1 aromatic heterocycles. The van der Waals surface area contributed by atoms with Gasteiger partial charge in [0.05, 0.1) is 0 Å². The number of carbonyl (C=O) groups excluding carboxylic acids is 1. The molecule has 0 radical (unpaired) electrons. The predicted molar refractivity (Wildman–Crippen MR) is 78.0 cm³/mol. The molecule has 3 N–H and O–H groups in total. The van der Waals surface area contributed by atoms with Crippen molar-refractivity contribution in [1.82, 2.24) is 14.8 Å². The molecule has 1 unspecified atom stereocenters. The van der Waals surface area contributed by atoms with Crippen LogP contribution in [-0.2, 0) is 11.8 Å². The van der Waals surface area contributed by atoms with Crippen molar-refractivity contribution in [3.8, 4) is 11.4 Å². The number of aryl methyl sites for hydroxylation is 1. The number of benzene rings is 1. The van der Waals surface area contributed by atoms with Gasteiger partial charge in [0.25, 0.3) is 0 Å². The maximum atomic E-state index is 11.7. The van der Waals surface area contributed by atoms with E-state index in [0.717, 1.165) is 17.1 Å². The first-order valence-corrected chi connectivity index (χ1v) is 6.56. The van der Waals surface area contributed by atoms with E-state index in [9.17, 15) is 4.79 Å². The van der Waals surface area contributed by atoms with Gasteiger partial charge >= 0.3 is 0 Å². The van der Waals surface area contributed by atoms with Crippen LogP contribution in [0.2, 0.25) is 0 Å². The van der Waals surface area contributed by atoms with Gasteiger partial charge in [-0.15, -0.1) is 10.2 Å². The number of rotatable bonds is 5. The summed E-state index contributed by atoms with van der Waals surface area (Å²) in [6, 6.07) is 7.57. The Morgan fingerprint density at radius 1 is 1.40 bits per heavy atom. The van der Waals surface area contributed by atoms with Gasteiger partial charge < -0.3 is 15.6 Å². The van der Waals surface area contributed by atoms with Crippen LogP contribution in [-0.4, -0.2) is 26.7 Å². The predicted octanol–water partition coefficient (Wildman–Crippen LogP) is 1.55. The molecule has 0 aliphatic heterocycles. The van der Waals surface area contributed by atoms with Crippen LogP contribution in [0.4, 0.5) is 5.69 Å². The van der Waals surface area contributed by atoms with Gasteiger partial charge in [-0.2, -0.15) is 0 Å². The number of amides is 1. The highest BCUT2D eigenvalue weighted by Crippen LogP contribution is 2.18. The molecule has 0 aliphatic carbocycles. The lowest BCUT2D eigenvalue weighted by molar-refractivity contribution is -0.116. The van der Waals surface area contributed by atoms with Crippen molar-refractivity contribution in [1.29, 1.82) is 0 Å². The van der Waals surface area contributed by atoms with E-state index < -0.39 is 0 Å².